The van der Waals surface area contributed by atoms with Crippen LogP contribution in [0.25, 0.3) is 16.8 Å². The first kappa shape index (κ1) is 12.4. The second-order valence-electron chi connectivity index (χ2n) is 4.56. The van der Waals surface area contributed by atoms with Gasteiger partial charge in [-0.25, -0.2) is 9.31 Å². The van der Waals surface area contributed by atoms with Crippen molar-refractivity contribution < 1.29 is 9.90 Å². The van der Waals surface area contributed by atoms with Crippen molar-refractivity contribution in [3.63, 3.8) is 0 Å². The summed E-state index contributed by atoms with van der Waals surface area (Å²) in [5.41, 5.74) is 2.53. The average molecular weight is 270 g/mol. The van der Waals surface area contributed by atoms with E-state index < -0.39 is 5.97 Å². The van der Waals surface area contributed by atoms with Gasteiger partial charge in [0.15, 0.2) is 0 Å². The summed E-state index contributed by atoms with van der Waals surface area (Å²) in [4.78, 5) is 11.1. The molecule has 6 heteroatoms. The fourth-order valence-corrected chi connectivity index (χ4v) is 2.24. The average Bonchev–Trinajstić information content (AvgIpc) is 3.04. The Kier molecular flexibility index (Phi) is 2.98. The molecule has 0 saturated carbocycles. The number of carbonyl (C=O) groups is 1. The summed E-state index contributed by atoms with van der Waals surface area (Å²) in [6, 6.07) is 5.48. The molecule has 0 amide bonds. The highest BCUT2D eigenvalue weighted by atomic mass is 16.4. The van der Waals surface area contributed by atoms with Gasteiger partial charge in [-0.2, -0.15) is 10.2 Å². The number of aryl methyl sites for hydroxylation is 1. The molecule has 0 aliphatic carbocycles. The van der Waals surface area contributed by atoms with Crippen molar-refractivity contribution in [2.75, 3.05) is 0 Å². The van der Waals surface area contributed by atoms with Crippen LogP contribution in [0.5, 0.6) is 0 Å². The van der Waals surface area contributed by atoms with Gasteiger partial charge in [0.25, 0.3) is 0 Å². The Morgan fingerprint density at radius 1 is 1.30 bits per heavy atom. The van der Waals surface area contributed by atoms with Crippen LogP contribution in [0.4, 0.5) is 0 Å². The highest BCUT2D eigenvalue weighted by molar-refractivity contribution is 5.95. The zero-order valence-corrected chi connectivity index (χ0v) is 11.0. The molecule has 0 atom stereocenters. The number of aromatic carboxylic acids is 1. The first-order valence-corrected chi connectivity index (χ1v) is 6.43. The van der Waals surface area contributed by atoms with Crippen LogP contribution in [0.2, 0.25) is 0 Å². The van der Waals surface area contributed by atoms with Crippen molar-refractivity contribution in [2.45, 2.75) is 19.9 Å². The molecule has 3 aromatic rings. The van der Waals surface area contributed by atoms with Crippen LogP contribution in [0.1, 0.15) is 23.7 Å². The van der Waals surface area contributed by atoms with Crippen molar-refractivity contribution in [2.24, 2.45) is 0 Å². The third kappa shape index (κ3) is 1.95. The normalized spacial score (nSPS) is 11.1. The lowest BCUT2D eigenvalue weighted by Gasteiger charge is -2.02. The molecule has 3 heterocycles. The molecule has 0 fully saturated rings. The highest BCUT2D eigenvalue weighted by Gasteiger charge is 2.14. The topological polar surface area (TPSA) is 72.4 Å². The van der Waals surface area contributed by atoms with E-state index in [-0.39, 0.29) is 5.56 Å². The van der Waals surface area contributed by atoms with E-state index in [0.717, 1.165) is 24.2 Å². The molecule has 1 N–H and O–H groups in total. The van der Waals surface area contributed by atoms with E-state index in [4.69, 9.17) is 5.11 Å². The second kappa shape index (κ2) is 4.80. The van der Waals surface area contributed by atoms with Crippen molar-refractivity contribution in [1.82, 2.24) is 19.4 Å². The van der Waals surface area contributed by atoms with Crippen LogP contribution in [0.3, 0.4) is 0 Å². The predicted molar refractivity (Wildman–Crippen MR) is 73.7 cm³/mol. The smallest absolute Gasteiger partial charge is 0.339 e. The lowest BCUT2D eigenvalue weighted by molar-refractivity contribution is 0.0699. The molecular formula is C14H14N4O2. The van der Waals surface area contributed by atoms with E-state index in [0.29, 0.717) is 5.52 Å². The fourth-order valence-electron chi connectivity index (χ4n) is 2.24. The Bertz CT molecular complexity index is 772. The van der Waals surface area contributed by atoms with Crippen molar-refractivity contribution in [1.29, 1.82) is 0 Å². The molecule has 0 aromatic carbocycles. The van der Waals surface area contributed by atoms with Gasteiger partial charge in [0.2, 0.25) is 0 Å². The number of pyridine rings is 1. The Balaban J connectivity index is 2.13. The van der Waals surface area contributed by atoms with Crippen molar-refractivity contribution >= 4 is 11.5 Å². The summed E-state index contributed by atoms with van der Waals surface area (Å²) in [5, 5.41) is 17.6. The van der Waals surface area contributed by atoms with E-state index in [9.17, 15) is 4.79 Å². The number of nitrogens with zero attached hydrogens (tertiary/aromatic N) is 4. The number of aromatic nitrogens is 4. The van der Waals surface area contributed by atoms with Crippen LogP contribution in [0, 0.1) is 0 Å². The predicted octanol–water partition coefficient (Wildman–Crippen LogP) is 2.31. The van der Waals surface area contributed by atoms with Gasteiger partial charge in [0.05, 0.1) is 23.6 Å². The molecule has 6 nitrogen and oxygen atoms in total. The Morgan fingerprint density at radius 2 is 2.15 bits per heavy atom. The summed E-state index contributed by atoms with van der Waals surface area (Å²) in [7, 11) is 0. The molecule has 0 bridgehead atoms. The van der Waals surface area contributed by atoms with Crippen LogP contribution in [0.15, 0.2) is 36.8 Å². The summed E-state index contributed by atoms with van der Waals surface area (Å²) in [6.07, 6.45) is 6.10. The standard InChI is InChI=1S/C14H14N4O2/c1-2-6-17-9-10(7-15-17)12-4-3-5-13-11(14(19)20)8-16-18(12)13/h3-5,7-9H,2,6H2,1H3,(H,19,20). The number of carboxylic acids is 1. The van der Waals surface area contributed by atoms with Crippen molar-refractivity contribution in [3.8, 4) is 11.3 Å². The number of hydrogen-bond acceptors (Lipinski definition) is 3. The van der Waals surface area contributed by atoms with Gasteiger partial charge in [-0.15, -0.1) is 0 Å². The molecular weight excluding hydrogens is 256 g/mol. The number of hydrogen-bond donors (Lipinski definition) is 1. The number of rotatable bonds is 4. The minimum atomic E-state index is -0.973. The molecule has 102 valence electrons. The molecule has 0 aliphatic heterocycles. The zero-order chi connectivity index (χ0) is 14.1. The quantitative estimate of drug-likeness (QED) is 0.789. The molecule has 0 spiro atoms. The molecule has 3 aromatic heterocycles. The van der Waals surface area contributed by atoms with Gasteiger partial charge in [0, 0.05) is 18.3 Å². The van der Waals surface area contributed by atoms with E-state index in [2.05, 4.69) is 17.1 Å². The summed E-state index contributed by atoms with van der Waals surface area (Å²) < 4.78 is 3.51. The fraction of sp³-hybridized carbons (Fsp3) is 0.214. The lowest BCUT2D eigenvalue weighted by atomic mass is 10.2. The zero-order valence-electron chi connectivity index (χ0n) is 11.0. The number of fused-ring (bicyclic) bond motifs is 1. The largest absolute Gasteiger partial charge is 0.478 e. The van der Waals surface area contributed by atoms with E-state index in [1.807, 2.05) is 23.0 Å². The maximum atomic E-state index is 11.1. The van der Waals surface area contributed by atoms with Crippen LogP contribution in [-0.2, 0) is 6.54 Å². The SMILES string of the molecule is CCCn1cc(-c2cccc3c(C(=O)O)cnn23)cn1. The van der Waals surface area contributed by atoms with Gasteiger partial charge in [-0.1, -0.05) is 13.0 Å². The first-order chi connectivity index (χ1) is 9.70. The van der Waals surface area contributed by atoms with E-state index in [1.54, 1.807) is 16.8 Å². The van der Waals surface area contributed by atoms with E-state index in [1.165, 1.54) is 6.20 Å². The number of carboxylic acid groups (broad SMARTS) is 1. The molecule has 3 rings (SSSR count). The Labute approximate surface area is 115 Å². The molecule has 0 saturated heterocycles. The molecule has 0 aliphatic rings. The van der Waals surface area contributed by atoms with E-state index >= 15 is 0 Å². The van der Waals surface area contributed by atoms with Gasteiger partial charge in [-0.3, -0.25) is 4.68 Å². The minimum absolute atomic E-state index is 0.202. The van der Waals surface area contributed by atoms with Crippen LogP contribution in [-0.4, -0.2) is 30.5 Å². The van der Waals surface area contributed by atoms with Crippen LogP contribution < -0.4 is 0 Å². The monoisotopic (exact) mass is 270 g/mol. The maximum absolute atomic E-state index is 11.1. The molecule has 0 radical (unpaired) electrons. The molecule has 20 heavy (non-hydrogen) atoms. The van der Waals surface area contributed by atoms with Gasteiger partial charge in [-0.05, 0) is 18.6 Å². The van der Waals surface area contributed by atoms with Gasteiger partial charge in [0.1, 0.15) is 5.56 Å². The van der Waals surface area contributed by atoms with Crippen molar-refractivity contribution in [3.05, 3.63) is 42.4 Å². The third-order valence-corrected chi connectivity index (χ3v) is 3.15. The minimum Gasteiger partial charge on any atom is -0.478 e. The summed E-state index contributed by atoms with van der Waals surface area (Å²) in [5.74, 6) is -0.973. The maximum Gasteiger partial charge on any atom is 0.339 e. The Hall–Kier alpha value is -2.63. The van der Waals surface area contributed by atoms with Crippen LogP contribution >= 0.6 is 0 Å². The lowest BCUT2D eigenvalue weighted by Crippen LogP contribution is -1.97. The molecule has 0 unspecified atom stereocenters. The third-order valence-electron chi connectivity index (χ3n) is 3.15. The Morgan fingerprint density at radius 3 is 2.90 bits per heavy atom. The summed E-state index contributed by atoms with van der Waals surface area (Å²) >= 11 is 0. The highest BCUT2D eigenvalue weighted by Crippen LogP contribution is 2.22. The van der Waals surface area contributed by atoms with Gasteiger partial charge >= 0.3 is 5.97 Å². The van der Waals surface area contributed by atoms with Gasteiger partial charge < -0.3 is 5.11 Å². The second-order valence-corrected chi connectivity index (χ2v) is 4.56. The summed E-state index contributed by atoms with van der Waals surface area (Å²) in [6.45, 7) is 2.95. The first-order valence-electron chi connectivity index (χ1n) is 6.43.